The standard InChI is InChI=1S/C5H12O3.C4H8N6O.H3O4P/c1-5(2-6,3-7)4-8;5-2-8-3(6)10-4(9-2)7-1-11;1-5(2,3)4/h6-8H,2-4H2,1H3;11H,1H2,(H5,5,6,7,8,9,10);(H3,1,2,3,4). The number of nitrogens with one attached hydrogen (secondary N) is 1. The van der Waals surface area contributed by atoms with Crippen LogP contribution in [-0.4, -0.2) is 76.6 Å². The van der Waals surface area contributed by atoms with Gasteiger partial charge in [0, 0.05) is 5.41 Å². The third kappa shape index (κ3) is 15.3. The molecule has 24 heavy (non-hydrogen) atoms. The van der Waals surface area contributed by atoms with Crippen LogP contribution in [0.1, 0.15) is 6.92 Å². The first-order valence-electron chi connectivity index (χ1n) is 6.13. The molecule has 15 heteroatoms. The number of hydrogen-bond acceptors (Lipinski definition) is 11. The Kier molecular flexibility index (Phi) is 12.1. The van der Waals surface area contributed by atoms with Gasteiger partial charge in [0.2, 0.25) is 17.8 Å². The van der Waals surface area contributed by atoms with Gasteiger partial charge in [0.1, 0.15) is 6.73 Å². The third-order valence-electron chi connectivity index (χ3n) is 2.05. The molecule has 12 N–H and O–H groups in total. The number of hydrogen-bond donors (Lipinski definition) is 10. The monoisotopic (exact) mass is 374 g/mol. The number of rotatable bonds is 5. The van der Waals surface area contributed by atoms with Gasteiger partial charge in [-0.3, -0.25) is 0 Å². The summed E-state index contributed by atoms with van der Waals surface area (Å²) >= 11 is 0. The molecule has 0 radical (unpaired) electrons. The van der Waals surface area contributed by atoms with Crippen molar-refractivity contribution in [2.45, 2.75) is 6.92 Å². The first-order valence-corrected chi connectivity index (χ1v) is 7.70. The SMILES string of the molecule is CC(CO)(CO)CO.Nc1nc(N)nc(NCO)n1.O=P(O)(O)O. The molecule has 0 aromatic carbocycles. The molecule has 0 saturated heterocycles. The number of nitrogens with two attached hydrogens (primary N) is 2. The van der Waals surface area contributed by atoms with Crippen LogP contribution in [0.5, 0.6) is 0 Å². The third-order valence-corrected chi connectivity index (χ3v) is 2.05. The lowest BCUT2D eigenvalue weighted by Crippen LogP contribution is -2.29. The molecule has 14 nitrogen and oxygen atoms in total. The molecule has 0 spiro atoms. The predicted molar refractivity (Wildman–Crippen MR) is 83.0 cm³/mol. The van der Waals surface area contributed by atoms with E-state index in [2.05, 4.69) is 20.3 Å². The lowest BCUT2D eigenvalue weighted by Gasteiger charge is -2.20. The van der Waals surface area contributed by atoms with Gasteiger partial charge in [-0.25, -0.2) is 4.57 Å². The second-order valence-corrected chi connectivity index (χ2v) is 5.54. The van der Waals surface area contributed by atoms with E-state index in [1.54, 1.807) is 6.92 Å². The fraction of sp³-hybridized carbons (Fsp3) is 0.667. The molecule has 0 aliphatic rings. The molecule has 142 valence electrons. The topological polar surface area (TPSA) is 261 Å². The Morgan fingerprint density at radius 1 is 0.958 bits per heavy atom. The summed E-state index contributed by atoms with van der Waals surface area (Å²) in [4.78, 5) is 32.3. The Morgan fingerprint density at radius 3 is 1.50 bits per heavy atom. The van der Waals surface area contributed by atoms with Crippen LogP contribution in [0, 0.1) is 5.41 Å². The summed E-state index contributed by atoms with van der Waals surface area (Å²) in [5.41, 5.74) is 9.74. The van der Waals surface area contributed by atoms with E-state index in [1.807, 2.05) is 0 Å². The van der Waals surface area contributed by atoms with Crippen LogP contribution in [0.15, 0.2) is 0 Å². The summed E-state index contributed by atoms with van der Waals surface area (Å²) < 4.78 is 8.88. The Bertz CT molecular complexity index is 474. The molecule has 0 bridgehead atoms. The maximum atomic E-state index is 8.88. The van der Waals surface area contributed by atoms with Crippen LogP contribution in [0.4, 0.5) is 17.8 Å². The van der Waals surface area contributed by atoms with E-state index in [0.717, 1.165) is 0 Å². The van der Waals surface area contributed by atoms with Gasteiger partial charge in [-0.05, 0) is 0 Å². The maximum absolute atomic E-state index is 8.88. The van der Waals surface area contributed by atoms with Crippen LogP contribution >= 0.6 is 7.82 Å². The highest BCUT2D eigenvalue weighted by molar-refractivity contribution is 7.45. The summed E-state index contributed by atoms with van der Waals surface area (Å²) in [6.07, 6.45) is 0. The molecule has 0 fully saturated rings. The zero-order valence-corrected chi connectivity index (χ0v) is 13.7. The Balaban J connectivity index is 0. The van der Waals surface area contributed by atoms with Crippen molar-refractivity contribution in [2.24, 2.45) is 5.41 Å². The van der Waals surface area contributed by atoms with Gasteiger partial charge >= 0.3 is 7.82 Å². The van der Waals surface area contributed by atoms with Crippen molar-refractivity contribution >= 4 is 25.7 Å². The predicted octanol–water partition coefficient (Wildman–Crippen LogP) is -3.56. The van der Waals surface area contributed by atoms with Crippen molar-refractivity contribution in [3.8, 4) is 0 Å². The van der Waals surface area contributed by atoms with E-state index >= 15 is 0 Å². The quantitative estimate of drug-likeness (QED) is 0.177. The van der Waals surface area contributed by atoms with Crippen LogP contribution < -0.4 is 16.8 Å². The Morgan fingerprint density at radius 2 is 1.29 bits per heavy atom. The highest BCUT2D eigenvalue weighted by Gasteiger charge is 2.20. The fourth-order valence-electron chi connectivity index (χ4n) is 0.709. The highest BCUT2D eigenvalue weighted by atomic mass is 31.2. The van der Waals surface area contributed by atoms with Crippen molar-refractivity contribution < 1.29 is 39.7 Å². The average molecular weight is 374 g/mol. The smallest absolute Gasteiger partial charge is 0.396 e. The number of aliphatic hydroxyl groups is 4. The minimum Gasteiger partial charge on any atom is -0.396 e. The van der Waals surface area contributed by atoms with E-state index in [9.17, 15) is 0 Å². The molecule has 1 heterocycles. The van der Waals surface area contributed by atoms with Gasteiger partial charge in [-0.15, -0.1) is 0 Å². The van der Waals surface area contributed by atoms with Crippen LogP contribution in [0.3, 0.4) is 0 Å². The van der Waals surface area contributed by atoms with Crippen molar-refractivity contribution in [3.63, 3.8) is 0 Å². The van der Waals surface area contributed by atoms with Gasteiger partial charge in [0.05, 0.1) is 19.8 Å². The molecule has 0 amide bonds. The molecule has 0 aliphatic heterocycles. The number of aliphatic hydroxyl groups excluding tert-OH is 4. The zero-order chi connectivity index (χ0) is 19.4. The van der Waals surface area contributed by atoms with E-state index in [1.165, 1.54) is 0 Å². The molecule has 0 aliphatic carbocycles. The minimum absolute atomic E-state index is 0.0217. The van der Waals surface area contributed by atoms with Gasteiger partial charge in [0.25, 0.3) is 0 Å². The molecule has 0 atom stereocenters. The number of nitrogens with zero attached hydrogens (tertiary/aromatic N) is 3. The van der Waals surface area contributed by atoms with Crippen molar-refractivity contribution in [2.75, 3.05) is 43.3 Å². The molecule has 0 saturated carbocycles. The van der Waals surface area contributed by atoms with Gasteiger partial charge in [0.15, 0.2) is 0 Å². The average Bonchev–Trinajstić information content (AvgIpc) is 2.45. The summed E-state index contributed by atoms with van der Waals surface area (Å²) in [6.45, 7) is 0.788. The van der Waals surface area contributed by atoms with Crippen molar-refractivity contribution in [1.29, 1.82) is 0 Å². The van der Waals surface area contributed by atoms with E-state index in [0.29, 0.717) is 0 Å². The fourth-order valence-corrected chi connectivity index (χ4v) is 0.709. The largest absolute Gasteiger partial charge is 0.466 e. The van der Waals surface area contributed by atoms with Crippen molar-refractivity contribution in [1.82, 2.24) is 15.0 Å². The second-order valence-electron chi connectivity index (χ2n) is 4.51. The summed E-state index contributed by atoms with van der Waals surface area (Å²) in [7, 11) is -4.64. The van der Waals surface area contributed by atoms with Crippen molar-refractivity contribution in [3.05, 3.63) is 0 Å². The van der Waals surface area contributed by atoms with Gasteiger partial charge in [-0.1, -0.05) is 6.92 Å². The normalized spacial score (nSPS) is 10.8. The maximum Gasteiger partial charge on any atom is 0.466 e. The lowest BCUT2D eigenvalue weighted by atomic mass is 9.95. The Hall–Kier alpha value is -1.64. The molecule has 1 aromatic rings. The lowest BCUT2D eigenvalue weighted by molar-refractivity contribution is 0.0200. The van der Waals surface area contributed by atoms with Gasteiger partial charge in [-0.2, -0.15) is 15.0 Å². The number of aromatic nitrogens is 3. The molecule has 1 rings (SSSR count). The summed E-state index contributed by atoms with van der Waals surface area (Å²) in [6, 6.07) is 0. The second kappa shape index (κ2) is 11.8. The van der Waals surface area contributed by atoms with E-state index in [-0.39, 0.29) is 44.4 Å². The van der Waals surface area contributed by atoms with Crippen LogP contribution in [-0.2, 0) is 4.57 Å². The number of anilines is 3. The van der Waals surface area contributed by atoms with Gasteiger partial charge < -0.3 is 51.9 Å². The Labute approximate surface area is 137 Å². The number of nitrogen functional groups attached to an aromatic ring is 2. The number of phosphoric acid groups is 1. The summed E-state index contributed by atoms with van der Waals surface area (Å²) in [5, 5.41) is 36.2. The zero-order valence-electron chi connectivity index (χ0n) is 12.8. The first-order chi connectivity index (χ1) is 10.9. The summed E-state index contributed by atoms with van der Waals surface area (Å²) in [5.74, 6) is 0.208. The molecule has 0 unspecified atom stereocenters. The van der Waals surface area contributed by atoms with E-state index < -0.39 is 13.2 Å². The highest BCUT2D eigenvalue weighted by Crippen LogP contribution is 2.25. The molecular weight excluding hydrogens is 351 g/mol. The molecular formula is C9H23N6O8P. The first kappa shape index (κ1) is 24.6. The van der Waals surface area contributed by atoms with E-state index in [4.69, 9.17) is 51.1 Å². The van der Waals surface area contributed by atoms with Crippen LogP contribution in [0.2, 0.25) is 0 Å². The van der Waals surface area contributed by atoms with Crippen LogP contribution in [0.25, 0.3) is 0 Å². The minimum atomic E-state index is -4.64. The molecule has 1 aromatic heterocycles.